The molecule has 1 aromatic carbocycles. The Morgan fingerprint density at radius 2 is 1.70 bits per heavy atom. The Balaban J connectivity index is 2.16. The zero-order valence-corrected chi connectivity index (χ0v) is 14.0. The van der Waals surface area contributed by atoms with Gasteiger partial charge in [-0.2, -0.15) is 0 Å². The minimum atomic E-state index is 0.241. The number of rotatable bonds is 4. The molecule has 1 unspecified atom stereocenters. The number of thiophene rings is 1. The highest BCUT2D eigenvalue weighted by molar-refractivity contribution is 7.12. The van der Waals surface area contributed by atoms with E-state index in [0.29, 0.717) is 6.04 Å². The number of hydrogen-bond donors (Lipinski definition) is 1. The molecule has 1 heterocycles. The van der Waals surface area contributed by atoms with E-state index in [1.807, 2.05) is 11.3 Å². The first-order chi connectivity index (χ1) is 9.40. The molecule has 0 saturated carbocycles. The van der Waals surface area contributed by atoms with Crippen molar-refractivity contribution in [2.24, 2.45) is 0 Å². The van der Waals surface area contributed by atoms with Gasteiger partial charge in [0.1, 0.15) is 0 Å². The summed E-state index contributed by atoms with van der Waals surface area (Å²) in [6.45, 7) is 8.96. The van der Waals surface area contributed by atoms with E-state index in [0.717, 1.165) is 6.42 Å². The molecule has 0 spiro atoms. The fourth-order valence-electron chi connectivity index (χ4n) is 2.25. The molecule has 0 radical (unpaired) electrons. The van der Waals surface area contributed by atoms with Crippen LogP contribution in [0.15, 0.2) is 36.4 Å². The summed E-state index contributed by atoms with van der Waals surface area (Å²) in [5, 5.41) is 3.46. The van der Waals surface area contributed by atoms with E-state index >= 15 is 0 Å². The van der Waals surface area contributed by atoms with Gasteiger partial charge in [-0.1, -0.05) is 50.6 Å². The Labute approximate surface area is 127 Å². The Morgan fingerprint density at radius 3 is 2.20 bits per heavy atom. The molecule has 0 fully saturated rings. The monoisotopic (exact) mass is 287 g/mol. The van der Waals surface area contributed by atoms with Gasteiger partial charge >= 0.3 is 0 Å². The fourth-order valence-corrected chi connectivity index (χ4v) is 3.42. The maximum atomic E-state index is 3.46. The molecule has 1 atom stereocenters. The second kappa shape index (κ2) is 6.11. The first kappa shape index (κ1) is 15.3. The van der Waals surface area contributed by atoms with Crippen molar-refractivity contribution >= 4 is 11.3 Å². The van der Waals surface area contributed by atoms with Gasteiger partial charge < -0.3 is 5.32 Å². The first-order valence-corrected chi connectivity index (χ1v) is 8.05. The summed E-state index contributed by atoms with van der Waals surface area (Å²) in [6, 6.07) is 13.8. The first-order valence-electron chi connectivity index (χ1n) is 7.23. The lowest BCUT2D eigenvalue weighted by molar-refractivity contribution is 0.601. The summed E-state index contributed by atoms with van der Waals surface area (Å²) in [5.74, 6) is 0. The van der Waals surface area contributed by atoms with Crippen LogP contribution in [0.1, 0.15) is 47.7 Å². The van der Waals surface area contributed by atoms with Crippen molar-refractivity contribution in [3.63, 3.8) is 0 Å². The lowest BCUT2D eigenvalue weighted by atomic mass is 9.95. The molecule has 0 aliphatic rings. The van der Waals surface area contributed by atoms with E-state index in [1.54, 1.807) is 0 Å². The van der Waals surface area contributed by atoms with Crippen molar-refractivity contribution in [2.45, 2.75) is 45.6 Å². The van der Waals surface area contributed by atoms with Gasteiger partial charge in [-0.15, -0.1) is 11.3 Å². The van der Waals surface area contributed by atoms with Crippen molar-refractivity contribution in [2.75, 3.05) is 7.05 Å². The number of benzene rings is 1. The van der Waals surface area contributed by atoms with Crippen molar-refractivity contribution in [1.82, 2.24) is 5.32 Å². The van der Waals surface area contributed by atoms with Crippen LogP contribution in [0, 0.1) is 6.92 Å². The molecule has 0 bridgehead atoms. The van der Waals surface area contributed by atoms with Crippen LogP contribution >= 0.6 is 11.3 Å². The molecule has 20 heavy (non-hydrogen) atoms. The zero-order valence-electron chi connectivity index (χ0n) is 13.2. The topological polar surface area (TPSA) is 12.0 Å². The van der Waals surface area contributed by atoms with Crippen LogP contribution in [0.5, 0.6) is 0 Å². The molecular weight excluding hydrogens is 262 g/mol. The van der Waals surface area contributed by atoms with E-state index in [9.17, 15) is 0 Å². The molecule has 1 nitrogen and oxygen atoms in total. The van der Waals surface area contributed by atoms with Gasteiger partial charge in [-0.25, -0.2) is 0 Å². The Hall–Kier alpha value is -1.12. The predicted molar refractivity (Wildman–Crippen MR) is 89.7 cm³/mol. The lowest BCUT2D eigenvalue weighted by Crippen LogP contribution is -2.17. The normalized spacial score (nSPS) is 13.4. The molecule has 1 aromatic heterocycles. The van der Waals surface area contributed by atoms with Crippen molar-refractivity contribution in [3.8, 4) is 0 Å². The average molecular weight is 287 g/mol. The van der Waals surface area contributed by atoms with Crippen LogP contribution in [-0.2, 0) is 11.8 Å². The summed E-state index contributed by atoms with van der Waals surface area (Å²) in [7, 11) is 2.05. The standard InChI is InChI=1S/C18H25NS/c1-13-6-8-14(9-7-13)12-15(19-5)16-10-11-17(20-16)18(2,3)4/h6-11,15,19H,12H2,1-5H3. The smallest absolute Gasteiger partial charge is 0.0453 e. The third-order valence-corrected chi connectivity index (χ3v) is 5.24. The van der Waals surface area contributed by atoms with E-state index in [1.165, 1.54) is 20.9 Å². The quantitative estimate of drug-likeness (QED) is 0.847. The minimum absolute atomic E-state index is 0.241. The van der Waals surface area contributed by atoms with Crippen LogP contribution in [0.3, 0.4) is 0 Å². The summed E-state index contributed by atoms with van der Waals surface area (Å²) >= 11 is 1.93. The van der Waals surface area contributed by atoms with E-state index < -0.39 is 0 Å². The number of aryl methyl sites for hydroxylation is 1. The summed E-state index contributed by atoms with van der Waals surface area (Å²) in [4.78, 5) is 2.88. The summed E-state index contributed by atoms with van der Waals surface area (Å²) < 4.78 is 0. The Kier molecular flexibility index (Phi) is 4.66. The minimum Gasteiger partial charge on any atom is -0.312 e. The maximum Gasteiger partial charge on any atom is 0.0453 e. The second-order valence-electron chi connectivity index (χ2n) is 6.48. The molecule has 0 aliphatic carbocycles. The second-order valence-corrected chi connectivity index (χ2v) is 7.60. The fraction of sp³-hybridized carbons (Fsp3) is 0.444. The molecule has 0 aliphatic heterocycles. The highest BCUT2D eigenvalue weighted by Crippen LogP contribution is 2.33. The Bertz CT molecular complexity index is 546. The van der Waals surface area contributed by atoms with Gasteiger partial charge in [0.25, 0.3) is 0 Å². The molecule has 0 saturated heterocycles. The van der Waals surface area contributed by atoms with Gasteiger partial charge in [0.15, 0.2) is 0 Å². The number of hydrogen-bond acceptors (Lipinski definition) is 2. The third-order valence-electron chi connectivity index (χ3n) is 3.62. The lowest BCUT2D eigenvalue weighted by Gasteiger charge is -2.17. The van der Waals surface area contributed by atoms with Gasteiger partial charge in [-0.05, 0) is 43.5 Å². The average Bonchev–Trinajstić information content (AvgIpc) is 2.87. The van der Waals surface area contributed by atoms with E-state index in [-0.39, 0.29) is 5.41 Å². The van der Waals surface area contributed by atoms with E-state index in [2.05, 4.69) is 76.5 Å². The number of nitrogens with one attached hydrogen (secondary N) is 1. The van der Waals surface area contributed by atoms with E-state index in [4.69, 9.17) is 0 Å². The Morgan fingerprint density at radius 1 is 1.05 bits per heavy atom. The molecule has 2 rings (SSSR count). The molecule has 108 valence electrons. The third kappa shape index (κ3) is 3.71. The van der Waals surface area contributed by atoms with Gasteiger partial charge in [0.2, 0.25) is 0 Å². The molecule has 0 amide bonds. The van der Waals surface area contributed by atoms with Crippen LogP contribution < -0.4 is 5.32 Å². The zero-order chi connectivity index (χ0) is 14.8. The maximum absolute atomic E-state index is 3.46. The van der Waals surface area contributed by atoms with Crippen LogP contribution in [-0.4, -0.2) is 7.05 Å². The highest BCUT2D eigenvalue weighted by atomic mass is 32.1. The molecule has 2 heteroatoms. The molecule has 2 aromatic rings. The highest BCUT2D eigenvalue weighted by Gasteiger charge is 2.19. The van der Waals surface area contributed by atoms with Crippen LogP contribution in [0.4, 0.5) is 0 Å². The van der Waals surface area contributed by atoms with Gasteiger partial charge in [0.05, 0.1) is 0 Å². The number of likely N-dealkylation sites (N-methyl/N-ethyl adjacent to an activating group) is 1. The van der Waals surface area contributed by atoms with Crippen LogP contribution in [0.25, 0.3) is 0 Å². The van der Waals surface area contributed by atoms with Gasteiger partial charge in [0, 0.05) is 15.8 Å². The van der Waals surface area contributed by atoms with Crippen molar-refractivity contribution < 1.29 is 0 Å². The van der Waals surface area contributed by atoms with Crippen LogP contribution in [0.2, 0.25) is 0 Å². The van der Waals surface area contributed by atoms with Crippen molar-refractivity contribution in [1.29, 1.82) is 0 Å². The van der Waals surface area contributed by atoms with Gasteiger partial charge in [-0.3, -0.25) is 0 Å². The largest absolute Gasteiger partial charge is 0.312 e. The molecule has 1 N–H and O–H groups in total. The SMILES string of the molecule is CNC(Cc1ccc(C)cc1)c1ccc(C(C)(C)C)s1. The summed E-state index contributed by atoms with van der Waals surface area (Å²) in [5.41, 5.74) is 2.95. The molecular formula is C18H25NS. The van der Waals surface area contributed by atoms with Crippen molar-refractivity contribution in [3.05, 3.63) is 57.3 Å². The predicted octanol–water partition coefficient (Wildman–Crippen LogP) is 4.86. The summed E-state index contributed by atoms with van der Waals surface area (Å²) in [6.07, 6.45) is 1.04.